The number of nitrogens with zero attached hydrogens (tertiary/aromatic N) is 2. The standard InChI is InChI=1S/C23H35N3O10SSi/c1-9-10-32-21(29)33-12-16-23(15(24)13-37(30,31)36-23)17(35-38(7,8)22(3,4)5)19(34-16)26-11-14(2)18(27)25(6)20(26)28/h9,11,13,16-17,19H,1,10,12,24H2,2-8H3/t16?,17-,19+,23?/m0/s1. The highest BCUT2D eigenvalue weighted by atomic mass is 32.2. The highest BCUT2D eigenvalue weighted by Crippen LogP contribution is 2.51. The predicted molar refractivity (Wildman–Crippen MR) is 139 cm³/mol. The molecule has 1 aromatic heterocycles. The minimum Gasteiger partial charge on any atom is -0.431 e. The molecule has 2 N–H and O–H groups in total. The second kappa shape index (κ2) is 10.1. The van der Waals surface area contributed by atoms with Gasteiger partial charge in [-0.1, -0.05) is 33.4 Å². The quantitative estimate of drug-likeness (QED) is 0.217. The van der Waals surface area contributed by atoms with Crippen molar-refractivity contribution in [3.8, 4) is 0 Å². The molecule has 3 heterocycles. The summed E-state index contributed by atoms with van der Waals surface area (Å²) in [4.78, 5) is 37.7. The molecule has 2 aliphatic heterocycles. The molecular weight excluding hydrogens is 538 g/mol. The van der Waals surface area contributed by atoms with Crippen LogP contribution in [0.4, 0.5) is 4.79 Å². The van der Waals surface area contributed by atoms with Gasteiger partial charge in [0.1, 0.15) is 25.4 Å². The smallest absolute Gasteiger partial charge is 0.431 e. The molecule has 212 valence electrons. The summed E-state index contributed by atoms with van der Waals surface area (Å²) in [5, 5.41) is 0.390. The van der Waals surface area contributed by atoms with Crippen LogP contribution >= 0.6 is 0 Å². The van der Waals surface area contributed by atoms with Gasteiger partial charge >= 0.3 is 11.8 Å². The fraction of sp³-hybridized carbons (Fsp3) is 0.609. The second-order valence-electron chi connectivity index (χ2n) is 10.8. The third-order valence-corrected chi connectivity index (χ3v) is 12.6. The third kappa shape index (κ3) is 5.25. The lowest BCUT2D eigenvalue weighted by molar-refractivity contribution is -0.0692. The summed E-state index contributed by atoms with van der Waals surface area (Å²) in [5.41, 5.74) is 3.05. The Hall–Kier alpha value is -2.72. The van der Waals surface area contributed by atoms with Crippen LogP contribution in [0.1, 0.15) is 32.6 Å². The Bertz CT molecular complexity index is 1370. The van der Waals surface area contributed by atoms with E-state index in [9.17, 15) is 22.8 Å². The first-order valence-corrected chi connectivity index (χ1v) is 16.2. The number of rotatable bonds is 7. The van der Waals surface area contributed by atoms with Crippen molar-refractivity contribution in [2.75, 3.05) is 13.2 Å². The number of aryl methyl sites for hydroxylation is 1. The van der Waals surface area contributed by atoms with Gasteiger partial charge in [-0.05, 0) is 25.1 Å². The number of carbonyl (C=O) groups is 1. The molecule has 4 atom stereocenters. The van der Waals surface area contributed by atoms with Gasteiger partial charge in [0.25, 0.3) is 15.7 Å². The molecule has 1 fully saturated rings. The molecule has 0 saturated carbocycles. The Kier molecular flexibility index (Phi) is 7.93. The summed E-state index contributed by atoms with van der Waals surface area (Å²) in [5.74, 6) is 0. The zero-order valence-electron chi connectivity index (χ0n) is 22.5. The van der Waals surface area contributed by atoms with E-state index in [0.29, 0.717) is 0 Å². The summed E-state index contributed by atoms with van der Waals surface area (Å²) < 4.78 is 55.8. The fourth-order valence-electron chi connectivity index (χ4n) is 4.05. The molecule has 0 aliphatic carbocycles. The van der Waals surface area contributed by atoms with Crippen molar-refractivity contribution in [1.82, 2.24) is 9.13 Å². The largest absolute Gasteiger partial charge is 0.508 e. The van der Waals surface area contributed by atoms with Crippen LogP contribution in [0.15, 0.2) is 39.5 Å². The normalized spacial score (nSPS) is 26.8. The number of ether oxygens (including phenoxy) is 3. The SMILES string of the molecule is C=CCOC(=O)OCC1O[C@@H](n2cc(C)c(=O)n(C)c2=O)[C@H](O[Si](C)(C)C(C)(C)C)C12OS(=O)(=O)C=C2N. The van der Waals surface area contributed by atoms with Gasteiger partial charge in [-0.2, -0.15) is 8.42 Å². The lowest BCUT2D eigenvalue weighted by atomic mass is 9.89. The average Bonchev–Trinajstić information content (AvgIpc) is 3.22. The van der Waals surface area contributed by atoms with Crippen molar-refractivity contribution in [1.29, 1.82) is 0 Å². The van der Waals surface area contributed by atoms with Crippen LogP contribution in [0, 0.1) is 6.92 Å². The van der Waals surface area contributed by atoms with Crippen LogP contribution in [0.5, 0.6) is 0 Å². The van der Waals surface area contributed by atoms with Crippen molar-refractivity contribution in [3.05, 3.63) is 56.4 Å². The minimum atomic E-state index is -4.29. The van der Waals surface area contributed by atoms with E-state index in [1.54, 1.807) is 0 Å². The maximum absolute atomic E-state index is 13.2. The topological polar surface area (TPSA) is 167 Å². The molecule has 1 saturated heterocycles. The first kappa shape index (κ1) is 29.8. The Morgan fingerprint density at radius 2 is 1.92 bits per heavy atom. The van der Waals surface area contributed by atoms with E-state index in [-0.39, 0.29) is 22.9 Å². The fourth-order valence-corrected chi connectivity index (χ4v) is 6.56. The van der Waals surface area contributed by atoms with Crippen LogP contribution in [0.2, 0.25) is 18.1 Å². The molecule has 0 radical (unpaired) electrons. The van der Waals surface area contributed by atoms with E-state index >= 15 is 0 Å². The lowest BCUT2D eigenvalue weighted by Crippen LogP contribution is -2.59. The summed E-state index contributed by atoms with van der Waals surface area (Å²) in [6.45, 7) is 14.1. The van der Waals surface area contributed by atoms with Crippen LogP contribution in [0.25, 0.3) is 0 Å². The predicted octanol–water partition coefficient (Wildman–Crippen LogP) is 1.38. The highest BCUT2D eigenvalue weighted by molar-refractivity contribution is 7.90. The van der Waals surface area contributed by atoms with Gasteiger partial charge in [-0.3, -0.25) is 13.9 Å². The average molecular weight is 574 g/mol. The minimum absolute atomic E-state index is 0.116. The zero-order valence-corrected chi connectivity index (χ0v) is 24.4. The maximum Gasteiger partial charge on any atom is 0.508 e. The first-order valence-electron chi connectivity index (χ1n) is 11.8. The highest BCUT2D eigenvalue weighted by Gasteiger charge is 2.67. The van der Waals surface area contributed by atoms with Gasteiger partial charge in [-0.15, -0.1) is 0 Å². The van der Waals surface area contributed by atoms with Crippen LogP contribution in [-0.4, -0.2) is 63.0 Å². The molecule has 13 nitrogen and oxygen atoms in total. The number of aromatic nitrogens is 2. The Morgan fingerprint density at radius 1 is 1.29 bits per heavy atom. The molecule has 1 aromatic rings. The zero-order chi connectivity index (χ0) is 28.8. The molecule has 0 amide bonds. The Morgan fingerprint density at radius 3 is 2.45 bits per heavy atom. The van der Waals surface area contributed by atoms with Gasteiger partial charge in [0.15, 0.2) is 20.1 Å². The molecule has 2 aliphatic rings. The number of nitrogens with two attached hydrogens (primary N) is 1. The van der Waals surface area contributed by atoms with Crippen LogP contribution in [0.3, 0.4) is 0 Å². The van der Waals surface area contributed by atoms with Crippen molar-refractivity contribution in [3.63, 3.8) is 0 Å². The van der Waals surface area contributed by atoms with Gasteiger partial charge in [-0.25, -0.2) is 13.8 Å². The van der Waals surface area contributed by atoms with Gasteiger partial charge in [0.2, 0.25) is 0 Å². The molecular formula is C23H35N3O10SSi. The molecule has 2 unspecified atom stereocenters. The van der Waals surface area contributed by atoms with Gasteiger partial charge in [0, 0.05) is 18.8 Å². The molecule has 0 aromatic carbocycles. The van der Waals surface area contributed by atoms with Crippen LogP contribution in [-0.2, 0) is 40.0 Å². The monoisotopic (exact) mass is 573 g/mol. The molecule has 1 spiro atoms. The third-order valence-electron chi connectivity index (χ3n) is 7.10. The Balaban J connectivity index is 2.22. The van der Waals surface area contributed by atoms with Gasteiger partial charge < -0.3 is 24.4 Å². The molecule has 3 rings (SSSR count). The van der Waals surface area contributed by atoms with E-state index in [4.69, 9.17) is 28.6 Å². The number of carbonyl (C=O) groups excluding carboxylic acids is 1. The summed E-state index contributed by atoms with van der Waals surface area (Å²) in [6, 6.07) is 0. The maximum atomic E-state index is 13.2. The van der Waals surface area contributed by atoms with E-state index in [1.807, 2.05) is 33.9 Å². The van der Waals surface area contributed by atoms with Gasteiger partial charge in [0.05, 0.1) is 11.1 Å². The van der Waals surface area contributed by atoms with Crippen molar-refractivity contribution in [2.45, 2.75) is 69.9 Å². The molecule has 15 heteroatoms. The number of hydrogen-bond donors (Lipinski definition) is 1. The summed E-state index contributed by atoms with van der Waals surface area (Å²) in [7, 11) is -5.71. The van der Waals surface area contributed by atoms with Crippen molar-refractivity contribution < 1.29 is 36.0 Å². The van der Waals surface area contributed by atoms with Crippen LogP contribution < -0.4 is 17.0 Å². The van der Waals surface area contributed by atoms with E-state index in [1.165, 1.54) is 26.2 Å². The number of hydrogen-bond acceptors (Lipinski definition) is 11. The van der Waals surface area contributed by atoms with Crippen molar-refractivity contribution in [2.24, 2.45) is 12.8 Å². The first-order chi connectivity index (χ1) is 17.4. The van der Waals surface area contributed by atoms with E-state index in [0.717, 1.165) is 14.5 Å². The van der Waals surface area contributed by atoms with Crippen molar-refractivity contribution >= 4 is 24.6 Å². The summed E-state index contributed by atoms with van der Waals surface area (Å²) in [6.07, 6.45) is -2.35. The Labute approximate surface area is 222 Å². The summed E-state index contributed by atoms with van der Waals surface area (Å²) >= 11 is 0. The molecule has 38 heavy (non-hydrogen) atoms. The van der Waals surface area contributed by atoms with E-state index in [2.05, 4.69) is 6.58 Å². The molecule has 0 bridgehead atoms. The second-order valence-corrected chi connectivity index (χ2v) is 16.9. The van der Waals surface area contributed by atoms with E-state index < -0.39 is 66.5 Å². The lowest BCUT2D eigenvalue weighted by Gasteiger charge is -2.43.